The van der Waals surface area contributed by atoms with Crippen LogP contribution < -0.4 is 4.52 Å². The van der Waals surface area contributed by atoms with Gasteiger partial charge in [0, 0.05) is 5.92 Å². The van der Waals surface area contributed by atoms with Gasteiger partial charge in [0.05, 0.1) is 6.16 Å². The molecule has 1 fully saturated rings. The summed E-state index contributed by atoms with van der Waals surface area (Å²) in [6.45, 7) is 1.89. The number of alkyl halides is 1. The first-order valence-corrected chi connectivity index (χ1v) is 9.65. The highest BCUT2D eigenvalue weighted by atomic mass is 31.2. The van der Waals surface area contributed by atoms with Crippen LogP contribution >= 0.6 is 7.60 Å². The molecule has 0 bridgehead atoms. The molecule has 2 rings (SSSR count). The Kier molecular flexibility index (Phi) is 5.99. The molecule has 0 amide bonds. The fraction of sp³-hybridized carbons (Fsp3) is 0.625. The van der Waals surface area contributed by atoms with E-state index in [-0.39, 0.29) is 17.5 Å². The van der Waals surface area contributed by atoms with Crippen molar-refractivity contribution in [2.75, 3.05) is 6.16 Å². The van der Waals surface area contributed by atoms with Gasteiger partial charge in [0.15, 0.2) is 11.6 Å². The van der Waals surface area contributed by atoms with Gasteiger partial charge in [-0.1, -0.05) is 38.3 Å². The van der Waals surface area contributed by atoms with E-state index in [1.807, 2.05) is 6.92 Å². The lowest BCUT2D eigenvalue weighted by Gasteiger charge is -2.27. The van der Waals surface area contributed by atoms with Crippen molar-refractivity contribution in [3.8, 4) is 5.75 Å². The highest BCUT2D eigenvalue weighted by molar-refractivity contribution is 7.53. The third-order valence-electron chi connectivity index (χ3n) is 4.11. The van der Waals surface area contributed by atoms with Gasteiger partial charge < -0.3 is 9.42 Å². The van der Waals surface area contributed by atoms with Crippen molar-refractivity contribution in [1.29, 1.82) is 0 Å². The predicted molar refractivity (Wildman–Crippen MR) is 82.7 cm³/mol. The predicted octanol–water partition coefficient (Wildman–Crippen LogP) is 5.19. The Labute approximate surface area is 130 Å². The third kappa shape index (κ3) is 4.30. The number of unbranched alkanes of at least 4 members (excludes halogenated alkanes) is 1. The van der Waals surface area contributed by atoms with E-state index in [0.29, 0.717) is 19.3 Å². The first kappa shape index (κ1) is 17.4. The Hall–Kier alpha value is -0.930. The van der Waals surface area contributed by atoms with Gasteiger partial charge in [-0.3, -0.25) is 0 Å². The maximum Gasteiger partial charge on any atom is 0.376 e. The zero-order chi connectivity index (χ0) is 16.2. The summed E-state index contributed by atoms with van der Waals surface area (Å²) in [5.41, 5.74) is 0.250. The maximum absolute atomic E-state index is 14.6. The lowest BCUT2D eigenvalue weighted by atomic mass is 9.82. The topological polar surface area (TPSA) is 46.5 Å². The normalized spacial score (nSPS) is 24.7. The second kappa shape index (κ2) is 7.56. The van der Waals surface area contributed by atoms with Crippen molar-refractivity contribution >= 4 is 7.60 Å². The molecule has 1 aliphatic rings. The van der Waals surface area contributed by atoms with Gasteiger partial charge in [-0.25, -0.2) is 13.3 Å². The molecule has 0 spiro atoms. The molecule has 3 atom stereocenters. The molecule has 0 heterocycles. The van der Waals surface area contributed by atoms with E-state index < -0.39 is 25.5 Å². The summed E-state index contributed by atoms with van der Waals surface area (Å²) in [7, 11) is -3.87. The van der Waals surface area contributed by atoms with E-state index in [1.54, 1.807) is 12.1 Å². The quantitative estimate of drug-likeness (QED) is 0.730. The van der Waals surface area contributed by atoms with Crippen LogP contribution in [0.15, 0.2) is 18.2 Å². The van der Waals surface area contributed by atoms with Crippen LogP contribution in [0.5, 0.6) is 5.75 Å². The average molecular weight is 332 g/mol. The van der Waals surface area contributed by atoms with Gasteiger partial charge >= 0.3 is 7.60 Å². The Morgan fingerprint density at radius 2 is 2.09 bits per heavy atom. The van der Waals surface area contributed by atoms with Crippen molar-refractivity contribution in [3.63, 3.8) is 0 Å². The molecule has 6 heteroatoms. The number of benzene rings is 1. The second-order valence-corrected chi connectivity index (χ2v) is 7.78. The second-order valence-electron chi connectivity index (χ2n) is 5.87. The summed E-state index contributed by atoms with van der Waals surface area (Å²) in [6.07, 6.45) is 2.91. The highest BCUT2D eigenvalue weighted by Crippen LogP contribution is 2.46. The van der Waals surface area contributed by atoms with Crippen LogP contribution in [-0.4, -0.2) is 17.2 Å². The monoisotopic (exact) mass is 332 g/mol. The zero-order valence-electron chi connectivity index (χ0n) is 12.8. The third-order valence-corrected chi connectivity index (χ3v) is 5.47. The fourth-order valence-electron chi connectivity index (χ4n) is 2.88. The summed E-state index contributed by atoms with van der Waals surface area (Å²) in [6, 6.07) is 4.41. The van der Waals surface area contributed by atoms with Crippen LogP contribution in [0.1, 0.15) is 56.9 Å². The number of rotatable bonds is 6. The van der Waals surface area contributed by atoms with Crippen LogP contribution in [0.25, 0.3) is 0 Å². The van der Waals surface area contributed by atoms with E-state index >= 15 is 0 Å². The molecule has 3 unspecified atom stereocenters. The summed E-state index contributed by atoms with van der Waals surface area (Å²) in [4.78, 5) is 9.77. The Bertz CT molecular complexity index is 550. The van der Waals surface area contributed by atoms with E-state index in [9.17, 15) is 18.2 Å². The minimum absolute atomic E-state index is 0.0116. The van der Waals surface area contributed by atoms with Crippen LogP contribution in [0, 0.1) is 5.82 Å². The molecule has 0 aliphatic heterocycles. The molecular weight excluding hydrogens is 309 g/mol. The smallest absolute Gasteiger partial charge is 0.376 e. The minimum atomic E-state index is -3.87. The first-order chi connectivity index (χ1) is 10.4. The van der Waals surface area contributed by atoms with Gasteiger partial charge in [-0.05, 0) is 30.9 Å². The Balaban J connectivity index is 2.20. The summed E-state index contributed by atoms with van der Waals surface area (Å²) in [5.74, 6) is -1.45. The molecule has 1 aromatic rings. The molecule has 1 saturated carbocycles. The molecule has 124 valence electrons. The van der Waals surface area contributed by atoms with Crippen molar-refractivity contribution in [2.45, 2.75) is 57.5 Å². The van der Waals surface area contributed by atoms with Crippen molar-refractivity contribution in [1.82, 2.24) is 0 Å². The molecule has 1 aromatic carbocycles. The zero-order valence-corrected chi connectivity index (χ0v) is 13.7. The maximum atomic E-state index is 14.6. The van der Waals surface area contributed by atoms with Gasteiger partial charge in [0.2, 0.25) is 0 Å². The molecular formula is C16H23F2O3P. The van der Waals surface area contributed by atoms with Crippen LogP contribution in [0.4, 0.5) is 8.78 Å². The van der Waals surface area contributed by atoms with Crippen molar-refractivity contribution < 1.29 is 22.8 Å². The van der Waals surface area contributed by atoms with Gasteiger partial charge in [0.25, 0.3) is 0 Å². The molecule has 1 aliphatic carbocycles. The highest BCUT2D eigenvalue weighted by Gasteiger charge is 2.30. The van der Waals surface area contributed by atoms with Gasteiger partial charge in [0.1, 0.15) is 6.17 Å². The van der Waals surface area contributed by atoms with Crippen molar-refractivity contribution in [2.24, 2.45) is 0 Å². The van der Waals surface area contributed by atoms with Crippen LogP contribution in [-0.2, 0) is 4.57 Å². The summed E-state index contributed by atoms with van der Waals surface area (Å²) in [5, 5.41) is 0. The molecule has 0 aromatic heterocycles. The molecule has 3 nitrogen and oxygen atoms in total. The van der Waals surface area contributed by atoms with Crippen molar-refractivity contribution in [3.05, 3.63) is 29.6 Å². The SMILES string of the molecule is CCCCP(=O)(O)Oc1cccc(C2CCCCC2F)c1F. The average Bonchev–Trinajstić information content (AvgIpc) is 2.48. The molecule has 22 heavy (non-hydrogen) atoms. The van der Waals surface area contributed by atoms with Crippen LogP contribution in [0.2, 0.25) is 0 Å². The number of hydrogen-bond acceptors (Lipinski definition) is 2. The standard InChI is InChI=1S/C16H23F2O3P/c1-2-3-11-22(19,20)21-15-10-6-8-13(16(15)18)12-7-4-5-9-14(12)17/h6,8,10,12,14H,2-5,7,9,11H2,1H3,(H,19,20). The summed E-state index contributed by atoms with van der Waals surface area (Å²) < 4.78 is 45.6. The van der Waals surface area contributed by atoms with Gasteiger partial charge in [-0.15, -0.1) is 0 Å². The van der Waals surface area contributed by atoms with E-state index in [2.05, 4.69) is 0 Å². The lowest BCUT2D eigenvalue weighted by Crippen LogP contribution is -2.20. The van der Waals surface area contributed by atoms with E-state index in [4.69, 9.17) is 4.52 Å². The Morgan fingerprint density at radius 3 is 2.77 bits per heavy atom. The number of hydrogen-bond donors (Lipinski definition) is 1. The van der Waals surface area contributed by atoms with Crippen LogP contribution in [0.3, 0.4) is 0 Å². The molecule has 0 radical (unpaired) electrons. The first-order valence-electron chi connectivity index (χ1n) is 7.88. The fourth-order valence-corrected chi connectivity index (χ4v) is 4.13. The molecule has 1 N–H and O–H groups in total. The van der Waals surface area contributed by atoms with Gasteiger partial charge in [-0.2, -0.15) is 0 Å². The minimum Gasteiger partial charge on any atom is -0.421 e. The number of halogens is 2. The largest absolute Gasteiger partial charge is 0.421 e. The molecule has 0 saturated heterocycles. The van der Waals surface area contributed by atoms with E-state index in [0.717, 1.165) is 19.3 Å². The van der Waals surface area contributed by atoms with E-state index in [1.165, 1.54) is 6.07 Å². The Morgan fingerprint density at radius 1 is 1.36 bits per heavy atom. The summed E-state index contributed by atoms with van der Waals surface area (Å²) >= 11 is 0. The lowest BCUT2D eigenvalue weighted by molar-refractivity contribution is 0.212.